The molecule has 1 heterocycles. The van der Waals surface area contributed by atoms with Crippen molar-refractivity contribution in [2.45, 2.75) is 6.54 Å². The third kappa shape index (κ3) is 2.86. The van der Waals surface area contributed by atoms with Gasteiger partial charge in [-0.2, -0.15) is 0 Å². The lowest BCUT2D eigenvalue weighted by Crippen LogP contribution is -2.19. The summed E-state index contributed by atoms with van der Waals surface area (Å²) in [4.78, 5) is 1.94. The van der Waals surface area contributed by atoms with Gasteiger partial charge in [-0.3, -0.25) is 0 Å². The van der Waals surface area contributed by atoms with E-state index in [0.29, 0.717) is 36.9 Å². The van der Waals surface area contributed by atoms with E-state index in [4.69, 9.17) is 15.2 Å². The Bertz CT molecular complexity index is 661. The fourth-order valence-corrected chi connectivity index (χ4v) is 2.34. The highest BCUT2D eigenvalue weighted by Gasteiger charge is 2.15. The highest BCUT2D eigenvalue weighted by molar-refractivity contribution is 5.60. The van der Waals surface area contributed by atoms with Crippen LogP contribution in [0.5, 0.6) is 11.5 Å². The molecule has 2 aromatic rings. The minimum Gasteiger partial charge on any atom is -0.486 e. The quantitative estimate of drug-likeness (QED) is 0.882. The van der Waals surface area contributed by atoms with Crippen molar-refractivity contribution in [3.63, 3.8) is 0 Å². The molecule has 5 heteroatoms. The van der Waals surface area contributed by atoms with Crippen LogP contribution in [0.1, 0.15) is 5.56 Å². The lowest BCUT2D eigenvalue weighted by atomic mass is 10.1. The van der Waals surface area contributed by atoms with Gasteiger partial charge in [0.1, 0.15) is 19.0 Å². The topological polar surface area (TPSA) is 47.7 Å². The molecule has 0 spiro atoms. The third-order valence-electron chi connectivity index (χ3n) is 3.46. The molecule has 0 radical (unpaired) electrons. The zero-order valence-electron chi connectivity index (χ0n) is 11.8. The number of nitrogens with zero attached hydrogens (tertiary/aromatic N) is 1. The highest BCUT2D eigenvalue weighted by atomic mass is 19.1. The van der Waals surface area contributed by atoms with Gasteiger partial charge in [-0.15, -0.1) is 0 Å². The van der Waals surface area contributed by atoms with Crippen molar-refractivity contribution in [2.75, 3.05) is 30.9 Å². The predicted octanol–water partition coefficient (Wildman–Crippen LogP) is 2.82. The molecule has 21 heavy (non-hydrogen) atoms. The van der Waals surface area contributed by atoms with E-state index in [9.17, 15) is 4.39 Å². The van der Waals surface area contributed by atoms with Crippen molar-refractivity contribution >= 4 is 11.4 Å². The molecule has 3 rings (SSSR count). The number of benzene rings is 2. The van der Waals surface area contributed by atoms with Crippen molar-refractivity contribution in [3.05, 3.63) is 47.8 Å². The fraction of sp³-hybridized carbons (Fsp3) is 0.250. The Hall–Kier alpha value is -2.43. The summed E-state index contributed by atoms with van der Waals surface area (Å²) in [5.41, 5.74) is 8.42. The van der Waals surface area contributed by atoms with Crippen LogP contribution >= 0.6 is 0 Å². The molecular formula is C16H17FN2O2. The second-order valence-corrected chi connectivity index (χ2v) is 5.03. The maximum atomic E-state index is 13.3. The Balaban J connectivity index is 1.84. The molecular weight excluding hydrogens is 271 g/mol. The van der Waals surface area contributed by atoms with E-state index in [0.717, 1.165) is 11.3 Å². The number of anilines is 2. The zero-order chi connectivity index (χ0) is 14.8. The van der Waals surface area contributed by atoms with Crippen molar-refractivity contribution in [1.29, 1.82) is 0 Å². The van der Waals surface area contributed by atoms with Gasteiger partial charge in [0.05, 0.1) is 0 Å². The Morgan fingerprint density at radius 1 is 1.14 bits per heavy atom. The smallest absolute Gasteiger partial charge is 0.163 e. The lowest BCUT2D eigenvalue weighted by Gasteiger charge is -2.23. The first-order chi connectivity index (χ1) is 10.1. The molecule has 0 atom stereocenters. The Labute approximate surface area is 122 Å². The number of nitrogens with two attached hydrogens (primary N) is 1. The van der Waals surface area contributed by atoms with Gasteiger partial charge in [-0.1, -0.05) is 6.07 Å². The van der Waals surface area contributed by atoms with Gasteiger partial charge in [0.15, 0.2) is 11.5 Å². The molecule has 0 bridgehead atoms. The molecule has 0 saturated carbocycles. The molecule has 110 valence electrons. The van der Waals surface area contributed by atoms with Crippen molar-refractivity contribution in [3.8, 4) is 11.5 Å². The van der Waals surface area contributed by atoms with E-state index in [1.807, 2.05) is 24.1 Å². The van der Waals surface area contributed by atoms with Gasteiger partial charge >= 0.3 is 0 Å². The summed E-state index contributed by atoms with van der Waals surface area (Å²) in [5.74, 6) is 1.13. The van der Waals surface area contributed by atoms with Crippen molar-refractivity contribution in [1.82, 2.24) is 0 Å². The Kier molecular flexibility index (Phi) is 3.56. The van der Waals surface area contributed by atoms with E-state index in [2.05, 4.69) is 0 Å². The molecule has 2 N–H and O–H groups in total. The van der Waals surface area contributed by atoms with Gasteiger partial charge in [0, 0.05) is 31.0 Å². The van der Waals surface area contributed by atoms with Gasteiger partial charge in [0.2, 0.25) is 0 Å². The molecule has 1 aliphatic heterocycles. The summed E-state index contributed by atoms with van der Waals surface area (Å²) in [6.07, 6.45) is 0. The van der Waals surface area contributed by atoms with Gasteiger partial charge in [0.25, 0.3) is 0 Å². The van der Waals surface area contributed by atoms with Crippen LogP contribution in [-0.2, 0) is 6.54 Å². The number of hydrogen-bond donors (Lipinski definition) is 1. The van der Waals surface area contributed by atoms with Crippen LogP contribution in [0.4, 0.5) is 15.8 Å². The van der Waals surface area contributed by atoms with Crippen LogP contribution in [0.25, 0.3) is 0 Å². The number of fused-ring (bicyclic) bond motifs is 1. The number of halogens is 1. The van der Waals surface area contributed by atoms with Crippen molar-refractivity contribution < 1.29 is 13.9 Å². The summed E-state index contributed by atoms with van der Waals surface area (Å²) in [5, 5.41) is 0. The molecule has 1 aliphatic rings. The first kappa shape index (κ1) is 13.5. The first-order valence-corrected chi connectivity index (χ1v) is 6.78. The number of ether oxygens (including phenoxy) is 2. The van der Waals surface area contributed by atoms with Gasteiger partial charge in [-0.25, -0.2) is 4.39 Å². The SMILES string of the molecule is CN(Cc1cc2c(cc1N)OCCO2)c1cccc(F)c1. The maximum Gasteiger partial charge on any atom is 0.163 e. The second kappa shape index (κ2) is 5.52. The lowest BCUT2D eigenvalue weighted by molar-refractivity contribution is 0.171. The maximum absolute atomic E-state index is 13.3. The summed E-state index contributed by atoms with van der Waals surface area (Å²) in [7, 11) is 1.89. The molecule has 4 nitrogen and oxygen atoms in total. The summed E-state index contributed by atoms with van der Waals surface area (Å²) >= 11 is 0. The average Bonchev–Trinajstić information content (AvgIpc) is 2.48. The summed E-state index contributed by atoms with van der Waals surface area (Å²) in [6.45, 7) is 1.64. The molecule has 0 saturated heterocycles. The number of rotatable bonds is 3. The molecule has 0 unspecified atom stereocenters. The minimum absolute atomic E-state index is 0.255. The van der Waals surface area contributed by atoms with Crippen LogP contribution in [-0.4, -0.2) is 20.3 Å². The molecule has 0 fully saturated rings. The second-order valence-electron chi connectivity index (χ2n) is 5.03. The van der Waals surface area contributed by atoms with E-state index in [1.165, 1.54) is 12.1 Å². The molecule has 0 aliphatic carbocycles. The summed E-state index contributed by atoms with van der Waals surface area (Å²) in [6, 6.07) is 10.1. The van der Waals surface area contributed by atoms with Gasteiger partial charge in [-0.05, 0) is 29.8 Å². The highest BCUT2D eigenvalue weighted by Crippen LogP contribution is 2.35. The van der Waals surface area contributed by atoms with Gasteiger partial charge < -0.3 is 20.1 Å². The van der Waals surface area contributed by atoms with E-state index < -0.39 is 0 Å². The third-order valence-corrected chi connectivity index (χ3v) is 3.46. The number of hydrogen-bond acceptors (Lipinski definition) is 4. The minimum atomic E-state index is -0.255. The average molecular weight is 288 g/mol. The largest absolute Gasteiger partial charge is 0.486 e. The monoisotopic (exact) mass is 288 g/mol. The van der Waals surface area contributed by atoms with Crippen molar-refractivity contribution in [2.24, 2.45) is 0 Å². The van der Waals surface area contributed by atoms with E-state index >= 15 is 0 Å². The predicted molar refractivity (Wildman–Crippen MR) is 80.4 cm³/mol. The summed E-state index contributed by atoms with van der Waals surface area (Å²) < 4.78 is 24.3. The van der Waals surface area contributed by atoms with Crippen LogP contribution < -0.4 is 20.1 Å². The first-order valence-electron chi connectivity index (χ1n) is 6.78. The zero-order valence-corrected chi connectivity index (χ0v) is 11.8. The van der Waals surface area contributed by atoms with E-state index in [1.54, 1.807) is 12.1 Å². The Morgan fingerprint density at radius 3 is 2.57 bits per heavy atom. The molecule has 0 amide bonds. The standard InChI is InChI=1S/C16H17FN2O2/c1-19(13-4-2-3-12(17)8-13)10-11-7-15-16(9-14(11)18)21-6-5-20-15/h2-4,7-9H,5-6,10,18H2,1H3. The van der Waals surface area contributed by atoms with Crippen LogP contribution in [0.3, 0.4) is 0 Å². The normalized spacial score (nSPS) is 13.0. The Morgan fingerprint density at radius 2 is 1.86 bits per heavy atom. The fourth-order valence-electron chi connectivity index (χ4n) is 2.34. The molecule has 2 aromatic carbocycles. The number of nitrogen functional groups attached to an aromatic ring is 1. The van der Waals surface area contributed by atoms with E-state index in [-0.39, 0.29) is 5.82 Å². The molecule has 0 aromatic heterocycles. The van der Waals surface area contributed by atoms with Crippen LogP contribution in [0, 0.1) is 5.82 Å². The van der Waals surface area contributed by atoms with Crippen LogP contribution in [0.2, 0.25) is 0 Å². The van der Waals surface area contributed by atoms with Crippen LogP contribution in [0.15, 0.2) is 36.4 Å².